The van der Waals surface area contributed by atoms with Gasteiger partial charge in [0.05, 0.1) is 21.6 Å². The highest BCUT2D eigenvalue weighted by molar-refractivity contribution is 8.00. The fourth-order valence-electron chi connectivity index (χ4n) is 2.00. The molecule has 9 nitrogen and oxygen atoms in total. The number of nitrogens with one attached hydrogen (secondary N) is 1. The second-order valence-electron chi connectivity index (χ2n) is 5.05. The molecular weight excluding hydrogens is 407 g/mol. The molecule has 0 aliphatic rings. The van der Waals surface area contributed by atoms with Gasteiger partial charge in [0.15, 0.2) is 12.4 Å². The van der Waals surface area contributed by atoms with Crippen LogP contribution < -0.4 is 10.1 Å². The number of thioether (sulfide) groups is 1. The van der Waals surface area contributed by atoms with E-state index in [-0.39, 0.29) is 10.6 Å². The number of carbonyl (C=O) groups excluding carboxylic acids is 1. The van der Waals surface area contributed by atoms with Crippen LogP contribution in [0.15, 0.2) is 47.4 Å². The Morgan fingerprint density at radius 3 is 2.39 bits per heavy atom. The van der Waals surface area contributed by atoms with Crippen molar-refractivity contribution in [1.29, 1.82) is 0 Å². The number of non-ortho nitro benzene ring substituents is 1. The lowest BCUT2D eigenvalue weighted by Gasteiger charge is -2.12. The number of hydrogen-bond acceptors (Lipinski definition) is 7. The molecule has 1 amide bonds. The van der Waals surface area contributed by atoms with Crippen LogP contribution in [0, 0.1) is 20.2 Å². The van der Waals surface area contributed by atoms with Crippen LogP contribution in [0.1, 0.15) is 0 Å². The standard InChI is InChI=1S/C15H10F3N3O6S/c16-15(17,18)28-13-4-2-1-3-10(13)19-14(22)8-27-12-6-5-9(20(23)24)7-11(12)21(25)26/h1-7H,8H2,(H,19,22). The second kappa shape index (κ2) is 8.56. The molecule has 0 aliphatic carbocycles. The highest BCUT2D eigenvalue weighted by Gasteiger charge is 2.30. The van der Waals surface area contributed by atoms with Crippen LogP contribution in [-0.2, 0) is 4.79 Å². The summed E-state index contributed by atoms with van der Waals surface area (Å²) in [6, 6.07) is 7.77. The number of nitro groups is 2. The summed E-state index contributed by atoms with van der Waals surface area (Å²) in [6.07, 6.45) is 0. The monoisotopic (exact) mass is 417 g/mol. The average Bonchev–Trinajstić information content (AvgIpc) is 2.60. The Hall–Kier alpha value is -3.35. The molecule has 0 saturated heterocycles. The molecule has 2 aromatic carbocycles. The smallest absolute Gasteiger partial charge is 0.446 e. The van der Waals surface area contributed by atoms with Crippen LogP contribution in [0.4, 0.5) is 30.2 Å². The van der Waals surface area contributed by atoms with Crippen molar-refractivity contribution in [3.8, 4) is 5.75 Å². The summed E-state index contributed by atoms with van der Waals surface area (Å²) >= 11 is -0.414. The average molecular weight is 417 g/mol. The number of para-hydroxylation sites is 1. The molecule has 0 bridgehead atoms. The van der Waals surface area contributed by atoms with E-state index in [1.165, 1.54) is 18.2 Å². The third-order valence-corrected chi connectivity index (χ3v) is 3.90. The van der Waals surface area contributed by atoms with Crippen molar-refractivity contribution < 1.29 is 32.5 Å². The molecule has 0 fully saturated rings. The summed E-state index contributed by atoms with van der Waals surface area (Å²) in [4.78, 5) is 31.6. The summed E-state index contributed by atoms with van der Waals surface area (Å²) in [5, 5.41) is 23.9. The van der Waals surface area contributed by atoms with E-state index >= 15 is 0 Å². The lowest BCUT2D eigenvalue weighted by molar-refractivity contribution is -0.394. The van der Waals surface area contributed by atoms with E-state index in [9.17, 15) is 38.2 Å². The molecule has 1 N–H and O–H groups in total. The minimum atomic E-state index is -4.56. The van der Waals surface area contributed by atoms with Crippen molar-refractivity contribution >= 4 is 34.7 Å². The zero-order valence-electron chi connectivity index (χ0n) is 13.6. The number of halogens is 3. The molecule has 2 rings (SSSR count). The zero-order valence-corrected chi connectivity index (χ0v) is 14.5. The van der Waals surface area contributed by atoms with Crippen molar-refractivity contribution in [2.45, 2.75) is 10.4 Å². The molecule has 28 heavy (non-hydrogen) atoms. The van der Waals surface area contributed by atoms with Crippen LogP contribution in [0.2, 0.25) is 0 Å². The molecular formula is C15H10F3N3O6S. The highest BCUT2D eigenvalue weighted by Crippen LogP contribution is 2.40. The Kier molecular flexibility index (Phi) is 6.41. The zero-order chi connectivity index (χ0) is 20.9. The Morgan fingerprint density at radius 1 is 1.11 bits per heavy atom. The number of nitro benzene ring substituents is 2. The second-order valence-corrected chi connectivity index (χ2v) is 6.15. The van der Waals surface area contributed by atoms with Gasteiger partial charge in [0.2, 0.25) is 0 Å². The maximum absolute atomic E-state index is 12.6. The van der Waals surface area contributed by atoms with Gasteiger partial charge in [0.25, 0.3) is 11.6 Å². The first-order valence-corrected chi connectivity index (χ1v) is 8.09. The van der Waals surface area contributed by atoms with Gasteiger partial charge in [-0.3, -0.25) is 25.0 Å². The van der Waals surface area contributed by atoms with Gasteiger partial charge in [0, 0.05) is 11.0 Å². The van der Waals surface area contributed by atoms with Gasteiger partial charge in [-0.1, -0.05) is 12.1 Å². The number of anilines is 1. The molecule has 0 atom stereocenters. The topological polar surface area (TPSA) is 125 Å². The van der Waals surface area contributed by atoms with Crippen molar-refractivity contribution in [3.63, 3.8) is 0 Å². The van der Waals surface area contributed by atoms with Crippen LogP contribution in [0.5, 0.6) is 5.75 Å². The molecule has 0 spiro atoms. The van der Waals surface area contributed by atoms with Gasteiger partial charge in [-0.2, -0.15) is 13.2 Å². The van der Waals surface area contributed by atoms with E-state index in [4.69, 9.17) is 4.74 Å². The lowest BCUT2D eigenvalue weighted by Crippen LogP contribution is -2.21. The lowest BCUT2D eigenvalue weighted by atomic mass is 10.2. The number of carbonyl (C=O) groups is 1. The Bertz CT molecular complexity index is 922. The number of benzene rings is 2. The van der Waals surface area contributed by atoms with Crippen molar-refractivity contribution in [2.75, 3.05) is 11.9 Å². The predicted molar refractivity (Wildman–Crippen MR) is 92.2 cm³/mol. The molecule has 0 unspecified atom stereocenters. The molecule has 2 aromatic rings. The Balaban J connectivity index is 2.10. The van der Waals surface area contributed by atoms with Crippen LogP contribution in [0.3, 0.4) is 0 Å². The number of alkyl halides is 3. The van der Waals surface area contributed by atoms with Gasteiger partial charge >= 0.3 is 11.2 Å². The number of ether oxygens (including phenoxy) is 1. The van der Waals surface area contributed by atoms with Crippen LogP contribution in [0.25, 0.3) is 0 Å². The van der Waals surface area contributed by atoms with Crippen molar-refractivity contribution in [2.24, 2.45) is 0 Å². The third-order valence-electron chi connectivity index (χ3n) is 3.10. The Labute approximate surface area is 158 Å². The first-order chi connectivity index (χ1) is 13.1. The fraction of sp³-hybridized carbons (Fsp3) is 0.133. The van der Waals surface area contributed by atoms with Gasteiger partial charge in [-0.25, -0.2) is 0 Å². The van der Waals surface area contributed by atoms with Gasteiger partial charge in [0.1, 0.15) is 0 Å². The summed E-state index contributed by atoms with van der Waals surface area (Å²) in [5.74, 6) is -1.27. The van der Waals surface area contributed by atoms with Crippen LogP contribution in [-0.4, -0.2) is 27.9 Å². The minimum absolute atomic E-state index is 0.114. The van der Waals surface area contributed by atoms with Crippen molar-refractivity contribution in [1.82, 2.24) is 0 Å². The maximum atomic E-state index is 12.6. The van der Waals surface area contributed by atoms with Gasteiger partial charge in [-0.15, -0.1) is 0 Å². The van der Waals surface area contributed by atoms with E-state index in [0.717, 1.165) is 18.2 Å². The fourth-order valence-corrected chi connectivity index (χ4v) is 2.62. The first kappa shape index (κ1) is 21.0. The van der Waals surface area contributed by atoms with E-state index in [1.807, 2.05) is 0 Å². The van der Waals surface area contributed by atoms with Crippen molar-refractivity contribution in [3.05, 3.63) is 62.7 Å². The molecule has 0 aliphatic heterocycles. The van der Waals surface area contributed by atoms with E-state index in [0.29, 0.717) is 6.07 Å². The van der Waals surface area contributed by atoms with Gasteiger partial charge in [-0.05, 0) is 30.0 Å². The number of hydrogen-bond donors (Lipinski definition) is 1. The molecule has 0 saturated carbocycles. The summed E-state index contributed by atoms with van der Waals surface area (Å²) < 4.78 is 42.7. The van der Waals surface area contributed by atoms with E-state index in [1.54, 1.807) is 0 Å². The summed E-state index contributed by atoms with van der Waals surface area (Å²) in [7, 11) is 0. The SMILES string of the molecule is O=C(COc1ccc([N+](=O)[O-])cc1[N+](=O)[O-])Nc1ccccc1SC(F)(F)F. The quantitative estimate of drug-likeness (QED) is 0.408. The molecule has 0 aromatic heterocycles. The largest absolute Gasteiger partial charge is 0.477 e. The van der Waals surface area contributed by atoms with Gasteiger partial charge < -0.3 is 10.1 Å². The summed E-state index contributed by atoms with van der Waals surface area (Å²) in [5.41, 5.74) is -5.94. The van der Waals surface area contributed by atoms with Crippen LogP contribution >= 0.6 is 11.8 Å². The normalized spacial score (nSPS) is 11.0. The maximum Gasteiger partial charge on any atom is 0.446 e. The number of amides is 1. The molecule has 0 radical (unpaired) electrons. The number of rotatable bonds is 7. The summed E-state index contributed by atoms with van der Waals surface area (Å²) in [6.45, 7) is -0.760. The highest BCUT2D eigenvalue weighted by atomic mass is 32.2. The molecule has 13 heteroatoms. The molecule has 0 heterocycles. The van der Waals surface area contributed by atoms with E-state index < -0.39 is 56.8 Å². The predicted octanol–water partition coefficient (Wildman–Crippen LogP) is 4.13. The number of nitrogens with zero attached hydrogens (tertiary/aromatic N) is 2. The Morgan fingerprint density at radius 2 is 1.79 bits per heavy atom. The minimum Gasteiger partial charge on any atom is -0.477 e. The molecule has 148 valence electrons. The third kappa shape index (κ3) is 5.84. The van der Waals surface area contributed by atoms with E-state index in [2.05, 4.69) is 5.32 Å². The first-order valence-electron chi connectivity index (χ1n) is 7.27.